The molecule has 0 saturated heterocycles. The second-order valence-corrected chi connectivity index (χ2v) is 6.16. The number of rotatable bonds is 4. The van der Waals surface area contributed by atoms with Crippen LogP contribution in [0.15, 0.2) is 65.3 Å². The zero-order valence-corrected chi connectivity index (χ0v) is 14.2. The zero-order valence-electron chi connectivity index (χ0n) is 14.2. The molecule has 0 N–H and O–H groups in total. The molecular weight excluding hydrogens is 312 g/mol. The van der Waals surface area contributed by atoms with E-state index in [0.29, 0.717) is 6.54 Å². The van der Waals surface area contributed by atoms with Gasteiger partial charge < -0.3 is 4.52 Å². The predicted molar refractivity (Wildman–Crippen MR) is 96.0 cm³/mol. The van der Waals surface area contributed by atoms with Gasteiger partial charge in [-0.3, -0.25) is 0 Å². The predicted octanol–water partition coefficient (Wildman–Crippen LogP) is 4.27. The van der Waals surface area contributed by atoms with E-state index in [-0.39, 0.29) is 0 Å². The molecule has 0 amide bonds. The molecule has 5 heteroatoms. The van der Waals surface area contributed by atoms with Crippen molar-refractivity contribution in [3.05, 3.63) is 77.7 Å². The van der Waals surface area contributed by atoms with Gasteiger partial charge in [-0.15, -0.1) is 5.10 Å². The molecule has 0 aliphatic carbocycles. The quantitative estimate of drug-likeness (QED) is 0.561. The molecule has 5 nitrogen and oxygen atoms in total. The molecular formula is C20H18N4O. The SMILES string of the molecule is Cc1ccc(C)c(-c2cn(Cc3cc(-c4ccccc4)no3)nn2)c1. The van der Waals surface area contributed by atoms with E-state index in [1.165, 1.54) is 11.1 Å². The van der Waals surface area contributed by atoms with E-state index in [1.807, 2.05) is 42.6 Å². The lowest BCUT2D eigenvalue weighted by molar-refractivity contribution is 0.372. The van der Waals surface area contributed by atoms with Gasteiger partial charge in [0.2, 0.25) is 0 Å². The highest BCUT2D eigenvalue weighted by atomic mass is 16.5. The summed E-state index contributed by atoms with van der Waals surface area (Å²) in [6, 6.07) is 18.2. The highest BCUT2D eigenvalue weighted by molar-refractivity contribution is 5.63. The highest BCUT2D eigenvalue weighted by Crippen LogP contribution is 2.23. The number of hydrogen-bond acceptors (Lipinski definition) is 4. The van der Waals surface area contributed by atoms with Gasteiger partial charge in [-0.05, 0) is 25.5 Å². The lowest BCUT2D eigenvalue weighted by Gasteiger charge is -2.02. The molecule has 0 saturated carbocycles. The number of hydrogen-bond donors (Lipinski definition) is 0. The number of nitrogens with zero attached hydrogens (tertiary/aromatic N) is 4. The number of aromatic nitrogens is 4. The number of benzene rings is 2. The van der Waals surface area contributed by atoms with Crippen LogP contribution in [-0.2, 0) is 6.54 Å². The van der Waals surface area contributed by atoms with Crippen LogP contribution in [0.5, 0.6) is 0 Å². The van der Waals surface area contributed by atoms with Crippen molar-refractivity contribution in [1.29, 1.82) is 0 Å². The molecule has 0 spiro atoms. The minimum atomic E-state index is 0.498. The molecule has 2 heterocycles. The second kappa shape index (κ2) is 6.36. The fourth-order valence-electron chi connectivity index (χ4n) is 2.80. The largest absolute Gasteiger partial charge is 0.359 e. The Balaban J connectivity index is 1.56. The van der Waals surface area contributed by atoms with E-state index in [1.54, 1.807) is 4.68 Å². The smallest absolute Gasteiger partial charge is 0.158 e. The summed E-state index contributed by atoms with van der Waals surface area (Å²) in [7, 11) is 0. The molecule has 0 unspecified atom stereocenters. The van der Waals surface area contributed by atoms with Crippen molar-refractivity contribution >= 4 is 0 Å². The zero-order chi connectivity index (χ0) is 17.2. The van der Waals surface area contributed by atoms with Gasteiger partial charge in [0.1, 0.15) is 17.9 Å². The maximum atomic E-state index is 5.44. The van der Waals surface area contributed by atoms with Crippen LogP contribution in [0.25, 0.3) is 22.5 Å². The fraction of sp³-hybridized carbons (Fsp3) is 0.150. The Kier molecular flexibility index (Phi) is 3.90. The summed E-state index contributed by atoms with van der Waals surface area (Å²) in [6.07, 6.45) is 1.94. The van der Waals surface area contributed by atoms with E-state index in [9.17, 15) is 0 Å². The van der Waals surface area contributed by atoms with Crippen molar-refractivity contribution in [2.75, 3.05) is 0 Å². The summed E-state index contributed by atoms with van der Waals surface area (Å²) in [5.41, 5.74) is 6.22. The van der Waals surface area contributed by atoms with E-state index in [2.05, 4.69) is 47.5 Å². The summed E-state index contributed by atoms with van der Waals surface area (Å²) in [5.74, 6) is 0.747. The first-order valence-electron chi connectivity index (χ1n) is 8.18. The number of aryl methyl sites for hydroxylation is 2. The Morgan fingerprint density at radius 2 is 1.80 bits per heavy atom. The average molecular weight is 330 g/mol. The van der Waals surface area contributed by atoms with Crippen LogP contribution in [0.2, 0.25) is 0 Å². The van der Waals surface area contributed by atoms with Crippen molar-refractivity contribution in [3.63, 3.8) is 0 Å². The van der Waals surface area contributed by atoms with Crippen molar-refractivity contribution in [2.24, 2.45) is 0 Å². The van der Waals surface area contributed by atoms with Gasteiger partial charge in [0.05, 0.1) is 6.20 Å². The molecule has 0 bridgehead atoms. The van der Waals surface area contributed by atoms with Crippen LogP contribution < -0.4 is 0 Å². The van der Waals surface area contributed by atoms with Gasteiger partial charge >= 0.3 is 0 Å². The van der Waals surface area contributed by atoms with Gasteiger partial charge in [-0.25, -0.2) is 4.68 Å². The topological polar surface area (TPSA) is 56.7 Å². The van der Waals surface area contributed by atoms with Crippen LogP contribution in [0, 0.1) is 13.8 Å². The summed E-state index contributed by atoms with van der Waals surface area (Å²) < 4.78 is 7.21. The van der Waals surface area contributed by atoms with Crippen LogP contribution in [0.1, 0.15) is 16.9 Å². The second-order valence-electron chi connectivity index (χ2n) is 6.16. The fourth-order valence-corrected chi connectivity index (χ4v) is 2.80. The summed E-state index contributed by atoms with van der Waals surface area (Å²) in [5, 5.41) is 12.7. The van der Waals surface area contributed by atoms with Gasteiger partial charge in [-0.2, -0.15) is 0 Å². The molecule has 0 radical (unpaired) electrons. The first-order chi connectivity index (χ1) is 12.2. The standard InChI is InChI=1S/C20H18N4O/c1-14-8-9-15(2)18(10-14)20-13-24(23-21-20)12-17-11-19(22-25-17)16-6-4-3-5-7-16/h3-11,13H,12H2,1-2H3. The molecule has 2 aromatic heterocycles. The van der Waals surface area contributed by atoms with Crippen LogP contribution in [-0.4, -0.2) is 20.2 Å². The molecule has 2 aromatic carbocycles. The van der Waals surface area contributed by atoms with E-state index < -0.39 is 0 Å². The molecule has 25 heavy (non-hydrogen) atoms. The molecule has 0 atom stereocenters. The average Bonchev–Trinajstić information content (AvgIpc) is 3.28. The minimum absolute atomic E-state index is 0.498. The third-order valence-electron chi connectivity index (χ3n) is 4.15. The molecule has 0 aliphatic rings. The molecule has 4 aromatic rings. The monoisotopic (exact) mass is 330 g/mol. The molecule has 4 rings (SSSR count). The van der Waals surface area contributed by atoms with Gasteiger partial charge in [-0.1, -0.05) is 58.4 Å². The molecule has 0 aliphatic heterocycles. The van der Waals surface area contributed by atoms with Gasteiger partial charge in [0, 0.05) is 17.2 Å². The summed E-state index contributed by atoms with van der Waals surface area (Å²) in [6.45, 7) is 4.65. The third kappa shape index (κ3) is 3.21. The van der Waals surface area contributed by atoms with Gasteiger partial charge in [0.25, 0.3) is 0 Å². The summed E-state index contributed by atoms with van der Waals surface area (Å²) in [4.78, 5) is 0. The molecule has 0 fully saturated rings. The first-order valence-corrected chi connectivity index (χ1v) is 8.18. The normalized spacial score (nSPS) is 11.0. The van der Waals surface area contributed by atoms with Crippen molar-refractivity contribution < 1.29 is 4.52 Å². The Bertz CT molecular complexity index is 1000. The van der Waals surface area contributed by atoms with Crippen LogP contribution >= 0.6 is 0 Å². The lowest BCUT2D eigenvalue weighted by Crippen LogP contribution is -1.98. The van der Waals surface area contributed by atoms with Gasteiger partial charge in [0.15, 0.2) is 5.76 Å². The van der Waals surface area contributed by atoms with Crippen molar-refractivity contribution in [2.45, 2.75) is 20.4 Å². The highest BCUT2D eigenvalue weighted by Gasteiger charge is 2.10. The van der Waals surface area contributed by atoms with Crippen LogP contribution in [0.4, 0.5) is 0 Å². The maximum absolute atomic E-state index is 5.44. The first kappa shape index (κ1) is 15.3. The van der Waals surface area contributed by atoms with E-state index in [0.717, 1.165) is 28.3 Å². The lowest BCUT2D eigenvalue weighted by atomic mass is 10.0. The van der Waals surface area contributed by atoms with Crippen molar-refractivity contribution in [1.82, 2.24) is 20.2 Å². The third-order valence-corrected chi connectivity index (χ3v) is 4.15. The minimum Gasteiger partial charge on any atom is -0.359 e. The van der Waals surface area contributed by atoms with Crippen molar-refractivity contribution in [3.8, 4) is 22.5 Å². The maximum Gasteiger partial charge on any atom is 0.158 e. The Morgan fingerprint density at radius 1 is 0.960 bits per heavy atom. The Morgan fingerprint density at radius 3 is 2.64 bits per heavy atom. The Hall–Kier alpha value is -3.21. The van der Waals surface area contributed by atoms with E-state index in [4.69, 9.17) is 4.52 Å². The summed E-state index contributed by atoms with van der Waals surface area (Å²) >= 11 is 0. The molecule has 124 valence electrons. The Labute approximate surface area is 145 Å². The van der Waals surface area contributed by atoms with E-state index >= 15 is 0 Å². The van der Waals surface area contributed by atoms with Crippen LogP contribution in [0.3, 0.4) is 0 Å².